The van der Waals surface area contributed by atoms with Gasteiger partial charge < -0.3 is 9.64 Å². The third kappa shape index (κ3) is 2.40. The van der Waals surface area contributed by atoms with Crippen molar-refractivity contribution in [3.05, 3.63) is 34.3 Å². The standard InChI is InChI=1S/C13H13BrClNO2/c1-3-8-4-13(17)16(7-8)11-6-12(18-2)9(14)5-10(11)15/h3,5-6,8H,1,4,7H2,2H3. The van der Waals surface area contributed by atoms with Gasteiger partial charge in [-0.05, 0) is 22.0 Å². The molecule has 0 bridgehead atoms. The van der Waals surface area contributed by atoms with Crippen LogP contribution in [0, 0.1) is 5.92 Å². The minimum absolute atomic E-state index is 0.0613. The first-order valence-electron chi connectivity index (χ1n) is 5.52. The molecule has 0 spiro atoms. The van der Waals surface area contributed by atoms with Crippen LogP contribution in [0.2, 0.25) is 5.02 Å². The summed E-state index contributed by atoms with van der Waals surface area (Å²) < 4.78 is 5.99. The minimum Gasteiger partial charge on any atom is -0.495 e. The van der Waals surface area contributed by atoms with Crippen LogP contribution in [0.5, 0.6) is 5.75 Å². The van der Waals surface area contributed by atoms with Crippen molar-refractivity contribution in [3.8, 4) is 5.75 Å². The molecule has 1 aliphatic rings. The third-order valence-corrected chi connectivity index (χ3v) is 3.92. The van der Waals surface area contributed by atoms with Crippen molar-refractivity contribution in [2.45, 2.75) is 6.42 Å². The van der Waals surface area contributed by atoms with Crippen LogP contribution in [0.25, 0.3) is 0 Å². The van der Waals surface area contributed by atoms with Gasteiger partial charge in [-0.1, -0.05) is 17.7 Å². The van der Waals surface area contributed by atoms with Gasteiger partial charge in [-0.2, -0.15) is 0 Å². The molecule has 0 N–H and O–H groups in total. The summed E-state index contributed by atoms with van der Waals surface area (Å²) in [5.41, 5.74) is 0.686. The summed E-state index contributed by atoms with van der Waals surface area (Å²) in [6.07, 6.45) is 2.29. The molecular weight excluding hydrogens is 318 g/mol. The Morgan fingerprint density at radius 1 is 1.61 bits per heavy atom. The van der Waals surface area contributed by atoms with Crippen molar-refractivity contribution in [2.75, 3.05) is 18.6 Å². The highest BCUT2D eigenvalue weighted by Crippen LogP contribution is 2.38. The summed E-state index contributed by atoms with van der Waals surface area (Å²) in [5.74, 6) is 0.902. The van der Waals surface area contributed by atoms with Crippen molar-refractivity contribution in [1.82, 2.24) is 0 Å². The van der Waals surface area contributed by atoms with Crippen LogP contribution in [0.4, 0.5) is 5.69 Å². The van der Waals surface area contributed by atoms with Crippen molar-refractivity contribution in [1.29, 1.82) is 0 Å². The molecule has 0 aromatic heterocycles. The quantitative estimate of drug-likeness (QED) is 0.792. The first-order chi connectivity index (χ1) is 8.56. The minimum atomic E-state index is 0.0613. The Bertz CT molecular complexity index is 504. The Balaban J connectivity index is 2.39. The molecule has 5 heteroatoms. The molecule has 0 aliphatic carbocycles. The Morgan fingerprint density at radius 2 is 2.33 bits per heavy atom. The lowest BCUT2D eigenvalue weighted by molar-refractivity contribution is -0.117. The van der Waals surface area contributed by atoms with Gasteiger partial charge in [0.15, 0.2) is 0 Å². The number of nitrogens with zero attached hydrogens (tertiary/aromatic N) is 1. The molecule has 2 rings (SSSR count). The molecular formula is C13H13BrClNO2. The number of ether oxygens (including phenoxy) is 1. The molecule has 1 aliphatic heterocycles. The SMILES string of the molecule is C=CC1CC(=O)N(c2cc(OC)c(Br)cc2Cl)C1. The van der Waals surface area contributed by atoms with E-state index in [1.807, 2.05) is 6.08 Å². The summed E-state index contributed by atoms with van der Waals surface area (Å²) >= 11 is 9.55. The van der Waals surface area contributed by atoms with Crippen LogP contribution in [0.3, 0.4) is 0 Å². The molecule has 1 aromatic carbocycles. The predicted molar refractivity (Wildman–Crippen MR) is 76.4 cm³/mol. The van der Waals surface area contributed by atoms with Gasteiger partial charge in [0.05, 0.1) is 22.3 Å². The first kappa shape index (κ1) is 13.4. The molecule has 1 unspecified atom stereocenters. The number of halogens is 2. The summed E-state index contributed by atoms with van der Waals surface area (Å²) in [4.78, 5) is 13.6. The van der Waals surface area contributed by atoms with Crippen LogP contribution >= 0.6 is 27.5 Å². The molecule has 96 valence electrons. The Hall–Kier alpha value is -1.00. The normalized spacial score (nSPS) is 19.2. The summed E-state index contributed by atoms with van der Waals surface area (Å²) in [7, 11) is 1.58. The number of amides is 1. The molecule has 3 nitrogen and oxygen atoms in total. The van der Waals surface area contributed by atoms with E-state index in [1.54, 1.807) is 24.1 Å². The van der Waals surface area contributed by atoms with Gasteiger partial charge in [-0.3, -0.25) is 4.79 Å². The van der Waals surface area contributed by atoms with Crippen molar-refractivity contribution in [3.63, 3.8) is 0 Å². The van der Waals surface area contributed by atoms with E-state index >= 15 is 0 Å². The van der Waals surface area contributed by atoms with Crippen LogP contribution < -0.4 is 9.64 Å². The lowest BCUT2D eigenvalue weighted by Crippen LogP contribution is -2.24. The van der Waals surface area contributed by atoms with Crippen molar-refractivity contribution >= 4 is 39.1 Å². The maximum Gasteiger partial charge on any atom is 0.227 e. The molecule has 1 fully saturated rings. The fourth-order valence-corrected chi connectivity index (χ4v) is 2.91. The van der Waals surface area contributed by atoms with Crippen molar-refractivity contribution < 1.29 is 9.53 Å². The molecule has 1 amide bonds. The lowest BCUT2D eigenvalue weighted by atomic mass is 10.1. The van der Waals surface area contributed by atoms with E-state index in [4.69, 9.17) is 16.3 Å². The molecule has 1 aromatic rings. The average Bonchev–Trinajstić information content (AvgIpc) is 2.71. The Kier molecular flexibility index (Phi) is 3.97. The van der Waals surface area contributed by atoms with Gasteiger partial charge in [0.1, 0.15) is 5.75 Å². The molecule has 0 radical (unpaired) electrons. The first-order valence-corrected chi connectivity index (χ1v) is 6.70. The molecule has 1 atom stereocenters. The number of hydrogen-bond donors (Lipinski definition) is 0. The number of rotatable bonds is 3. The van der Waals surface area contributed by atoms with Crippen LogP contribution in [-0.4, -0.2) is 19.6 Å². The lowest BCUT2D eigenvalue weighted by Gasteiger charge is -2.19. The number of methoxy groups -OCH3 is 1. The van der Waals surface area contributed by atoms with Gasteiger partial charge in [0.25, 0.3) is 0 Å². The van der Waals surface area contributed by atoms with Gasteiger partial charge in [0, 0.05) is 24.9 Å². The van der Waals surface area contributed by atoms with E-state index in [0.717, 1.165) is 4.47 Å². The highest BCUT2D eigenvalue weighted by atomic mass is 79.9. The second kappa shape index (κ2) is 5.33. The zero-order valence-corrected chi connectivity index (χ0v) is 12.3. The number of anilines is 1. The van der Waals surface area contributed by atoms with Crippen LogP contribution in [-0.2, 0) is 4.79 Å². The number of benzene rings is 1. The highest BCUT2D eigenvalue weighted by Gasteiger charge is 2.30. The third-order valence-electron chi connectivity index (χ3n) is 3.00. The van der Waals surface area contributed by atoms with Gasteiger partial charge in [-0.15, -0.1) is 6.58 Å². The van der Waals surface area contributed by atoms with E-state index in [2.05, 4.69) is 22.5 Å². The summed E-state index contributed by atoms with van der Waals surface area (Å²) in [6, 6.07) is 3.51. The zero-order chi connectivity index (χ0) is 13.3. The molecule has 0 saturated carbocycles. The number of carbonyl (C=O) groups excluding carboxylic acids is 1. The van der Waals surface area contributed by atoms with Gasteiger partial charge in [-0.25, -0.2) is 0 Å². The summed E-state index contributed by atoms with van der Waals surface area (Å²) in [5, 5.41) is 0.528. The largest absolute Gasteiger partial charge is 0.495 e. The smallest absolute Gasteiger partial charge is 0.227 e. The topological polar surface area (TPSA) is 29.5 Å². The fourth-order valence-electron chi connectivity index (χ4n) is 2.01. The molecule has 1 heterocycles. The number of carbonyl (C=O) groups is 1. The Labute approximate surface area is 119 Å². The second-order valence-corrected chi connectivity index (χ2v) is 5.40. The van der Waals surface area contributed by atoms with E-state index in [-0.39, 0.29) is 11.8 Å². The van der Waals surface area contributed by atoms with Crippen LogP contribution in [0.1, 0.15) is 6.42 Å². The summed E-state index contributed by atoms with van der Waals surface area (Å²) in [6.45, 7) is 4.35. The van der Waals surface area contributed by atoms with Gasteiger partial charge in [0.2, 0.25) is 5.91 Å². The van der Waals surface area contributed by atoms with Gasteiger partial charge >= 0.3 is 0 Å². The van der Waals surface area contributed by atoms with E-state index in [9.17, 15) is 4.79 Å². The van der Waals surface area contributed by atoms with E-state index < -0.39 is 0 Å². The Morgan fingerprint density at radius 3 is 2.89 bits per heavy atom. The maximum absolute atomic E-state index is 11.9. The van der Waals surface area contributed by atoms with Crippen LogP contribution in [0.15, 0.2) is 29.3 Å². The monoisotopic (exact) mass is 329 g/mol. The zero-order valence-electron chi connectivity index (χ0n) is 9.95. The van der Waals surface area contributed by atoms with E-state index in [1.165, 1.54) is 0 Å². The van der Waals surface area contributed by atoms with E-state index in [0.29, 0.717) is 29.4 Å². The molecule has 1 saturated heterocycles. The highest BCUT2D eigenvalue weighted by molar-refractivity contribution is 9.10. The number of hydrogen-bond acceptors (Lipinski definition) is 2. The fraction of sp³-hybridized carbons (Fsp3) is 0.308. The van der Waals surface area contributed by atoms with Crippen molar-refractivity contribution in [2.24, 2.45) is 5.92 Å². The second-order valence-electron chi connectivity index (χ2n) is 4.14. The molecule has 18 heavy (non-hydrogen) atoms. The predicted octanol–water partition coefficient (Wildman–Crippen LogP) is 3.65. The maximum atomic E-state index is 11.9. The average molecular weight is 331 g/mol.